The molecule has 2 aromatic carbocycles. The van der Waals surface area contributed by atoms with E-state index in [9.17, 15) is 0 Å². The summed E-state index contributed by atoms with van der Waals surface area (Å²) in [6, 6.07) is 17.3. The molecule has 3 aromatic rings. The minimum absolute atomic E-state index is 0.142. The van der Waals surface area contributed by atoms with Crippen LogP contribution in [0.3, 0.4) is 0 Å². The van der Waals surface area contributed by atoms with E-state index in [0.29, 0.717) is 24.1 Å². The highest BCUT2D eigenvalue weighted by Gasteiger charge is 2.06. The Morgan fingerprint density at radius 2 is 1.88 bits per heavy atom. The lowest BCUT2D eigenvalue weighted by Crippen LogP contribution is -2.22. The summed E-state index contributed by atoms with van der Waals surface area (Å²) < 4.78 is 11.1. The number of ether oxygens (including phenoxy) is 1. The maximum absolute atomic E-state index is 5.94. The number of hydrogen-bond acceptors (Lipinski definition) is 4. The average Bonchev–Trinajstić information content (AvgIpc) is 3.11. The number of benzene rings is 2. The number of guanidine groups is 1. The summed E-state index contributed by atoms with van der Waals surface area (Å²) in [4.78, 5) is 8.72. The van der Waals surface area contributed by atoms with Crippen molar-refractivity contribution in [3.63, 3.8) is 0 Å². The van der Waals surface area contributed by atoms with Crippen LogP contribution in [0.5, 0.6) is 5.75 Å². The average molecular weight is 350 g/mol. The van der Waals surface area contributed by atoms with E-state index in [0.717, 1.165) is 17.0 Å². The number of aliphatic imine (C=N–C) groups is 1. The van der Waals surface area contributed by atoms with E-state index in [4.69, 9.17) is 14.9 Å². The summed E-state index contributed by atoms with van der Waals surface area (Å²) in [5.41, 5.74) is 8.42. The van der Waals surface area contributed by atoms with Crippen molar-refractivity contribution < 1.29 is 9.15 Å². The maximum Gasteiger partial charge on any atom is 0.226 e. The lowest BCUT2D eigenvalue weighted by molar-refractivity contribution is 0.242. The van der Waals surface area contributed by atoms with E-state index in [-0.39, 0.29) is 6.10 Å². The summed E-state index contributed by atoms with van der Waals surface area (Å²) in [5.74, 6) is 1.70. The molecule has 26 heavy (non-hydrogen) atoms. The summed E-state index contributed by atoms with van der Waals surface area (Å²) in [6.07, 6.45) is 1.74. The van der Waals surface area contributed by atoms with E-state index in [1.165, 1.54) is 0 Å². The number of anilines is 1. The molecule has 0 saturated carbocycles. The zero-order valence-electron chi connectivity index (χ0n) is 14.8. The van der Waals surface area contributed by atoms with Crippen LogP contribution in [0.4, 0.5) is 5.69 Å². The molecule has 0 fully saturated rings. The van der Waals surface area contributed by atoms with Gasteiger partial charge in [-0.3, -0.25) is 0 Å². The second-order valence-corrected chi connectivity index (χ2v) is 6.03. The first-order valence-corrected chi connectivity index (χ1v) is 8.43. The van der Waals surface area contributed by atoms with Crippen molar-refractivity contribution in [2.45, 2.75) is 26.5 Å². The first-order chi connectivity index (χ1) is 12.6. The van der Waals surface area contributed by atoms with Crippen LogP contribution in [-0.2, 0) is 6.54 Å². The Kier molecular flexibility index (Phi) is 5.53. The molecule has 0 spiro atoms. The molecule has 0 amide bonds. The number of rotatable bonds is 6. The van der Waals surface area contributed by atoms with Crippen molar-refractivity contribution in [3.05, 3.63) is 66.6 Å². The zero-order chi connectivity index (χ0) is 18.4. The molecule has 3 rings (SSSR count). The van der Waals surface area contributed by atoms with Crippen LogP contribution in [0, 0.1) is 0 Å². The van der Waals surface area contributed by atoms with Gasteiger partial charge in [0.1, 0.15) is 17.7 Å². The molecule has 6 nitrogen and oxygen atoms in total. The van der Waals surface area contributed by atoms with E-state index in [1.807, 2.05) is 68.4 Å². The third-order valence-electron chi connectivity index (χ3n) is 3.48. The fraction of sp³-hybridized carbons (Fsp3) is 0.200. The Hall–Kier alpha value is -3.28. The lowest BCUT2D eigenvalue weighted by atomic mass is 10.2. The molecule has 6 heteroatoms. The van der Waals surface area contributed by atoms with Crippen LogP contribution in [0.25, 0.3) is 11.5 Å². The van der Waals surface area contributed by atoms with Gasteiger partial charge in [0.05, 0.1) is 12.6 Å². The van der Waals surface area contributed by atoms with E-state index in [1.54, 1.807) is 6.26 Å². The molecule has 1 heterocycles. The van der Waals surface area contributed by atoms with Gasteiger partial charge in [0.2, 0.25) is 5.89 Å². The molecule has 0 aliphatic heterocycles. The predicted molar refractivity (Wildman–Crippen MR) is 103 cm³/mol. The fourth-order valence-electron chi connectivity index (χ4n) is 2.34. The van der Waals surface area contributed by atoms with Crippen LogP contribution >= 0.6 is 0 Å². The Morgan fingerprint density at radius 1 is 1.15 bits per heavy atom. The predicted octanol–water partition coefficient (Wildman–Crippen LogP) is 4.06. The highest BCUT2D eigenvalue weighted by Crippen LogP contribution is 2.19. The quantitative estimate of drug-likeness (QED) is 0.517. The van der Waals surface area contributed by atoms with E-state index >= 15 is 0 Å². The maximum atomic E-state index is 5.94. The number of aromatic nitrogens is 1. The number of nitrogens with one attached hydrogen (secondary N) is 1. The summed E-state index contributed by atoms with van der Waals surface area (Å²) in [7, 11) is 0. The molecule has 0 aliphatic carbocycles. The SMILES string of the molecule is CC(C)Oc1ccc(NC(N)=NCc2coc(-c3ccccc3)n2)cc1. The highest BCUT2D eigenvalue weighted by atomic mass is 16.5. The van der Waals surface area contributed by atoms with Gasteiger partial charge in [0.25, 0.3) is 0 Å². The van der Waals surface area contributed by atoms with Gasteiger partial charge in [-0.2, -0.15) is 0 Å². The van der Waals surface area contributed by atoms with Crippen molar-refractivity contribution in [1.29, 1.82) is 0 Å². The van der Waals surface area contributed by atoms with Gasteiger partial charge in [0, 0.05) is 11.3 Å². The van der Waals surface area contributed by atoms with Gasteiger partial charge in [-0.1, -0.05) is 18.2 Å². The smallest absolute Gasteiger partial charge is 0.226 e. The Morgan fingerprint density at radius 3 is 2.58 bits per heavy atom. The molecule has 3 N–H and O–H groups in total. The number of nitrogens with zero attached hydrogens (tertiary/aromatic N) is 2. The first-order valence-electron chi connectivity index (χ1n) is 8.43. The molecule has 0 bridgehead atoms. The molecule has 0 aliphatic rings. The van der Waals surface area contributed by atoms with Gasteiger partial charge in [0.15, 0.2) is 5.96 Å². The fourth-order valence-corrected chi connectivity index (χ4v) is 2.34. The van der Waals surface area contributed by atoms with E-state index in [2.05, 4.69) is 15.3 Å². The normalized spacial score (nSPS) is 11.6. The van der Waals surface area contributed by atoms with Gasteiger partial charge < -0.3 is 20.2 Å². The summed E-state index contributed by atoms with van der Waals surface area (Å²) in [6.45, 7) is 4.32. The second-order valence-electron chi connectivity index (χ2n) is 6.03. The number of hydrogen-bond donors (Lipinski definition) is 2. The van der Waals surface area contributed by atoms with Crippen LogP contribution < -0.4 is 15.8 Å². The Balaban J connectivity index is 1.58. The van der Waals surface area contributed by atoms with Gasteiger partial charge >= 0.3 is 0 Å². The van der Waals surface area contributed by atoms with Crippen LogP contribution in [0.15, 0.2) is 70.3 Å². The molecule has 0 saturated heterocycles. The van der Waals surface area contributed by atoms with Crippen LogP contribution in [-0.4, -0.2) is 17.0 Å². The van der Waals surface area contributed by atoms with Gasteiger partial charge in [-0.05, 0) is 50.2 Å². The Labute approximate surface area is 152 Å². The summed E-state index contributed by atoms with van der Waals surface area (Å²) in [5, 5.41) is 3.04. The van der Waals surface area contributed by atoms with Crippen LogP contribution in [0.2, 0.25) is 0 Å². The lowest BCUT2D eigenvalue weighted by Gasteiger charge is -2.10. The third kappa shape index (κ3) is 4.86. The molecule has 134 valence electrons. The molecule has 0 radical (unpaired) electrons. The topological polar surface area (TPSA) is 85.7 Å². The van der Waals surface area contributed by atoms with Crippen molar-refractivity contribution in [1.82, 2.24) is 4.98 Å². The van der Waals surface area contributed by atoms with Gasteiger partial charge in [-0.25, -0.2) is 9.98 Å². The molecular formula is C20H22N4O2. The highest BCUT2D eigenvalue weighted by molar-refractivity contribution is 5.92. The van der Waals surface area contributed by atoms with Crippen molar-refractivity contribution in [3.8, 4) is 17.2 Å². The van der Waals surface area contributed by atoms with Crippen molar-refractivity contribution in [2.24, 2.45) is 10.7 Å². The zero-order valence-corrected chi connectivity index (χ0v) is 14.8. The number of oxazole rings is 1. The third-order valence-corrected chi connectivity index (χ3v) is 3.48. The van der Waals surface area contributed by atoms with Crippen molar-refractivity contribution >= 4 is 11.6 Å². The summed E-state index contributed by atoms with van der Waals surface area (Å²) >= 11 is 0. The molecule has 1 aromatic heterocycles. The van der Waals surface area contributed by atoms with Crippen LogP contribution in [0.1, 0.15) is 19.5 Å². The largest absolute Gasteiger partial charge is 0.491 e. The molecular weight excluding hydrogens is 328 g/mol. The van der Waals surface area contributed by atoms with Gasteiger partial charge in [-0.15, -0.1) is 0 Å². The first kappa shape index (κ1) is 17.5. The Bertz CT molecular complexity index is 855. The second kappa shape index (κ2) is 8.20. The van der Waals surface area contributed by atoms with E-state index < -0.39 is 0 Å². The monoisotopic (exact) mass is 350 g/mol. The minimum Gasteiger partial charge on any atom is -0.491 e. The molecule has 0 unspecified atom stereocenters. The standard InChI is InChI=1S/C20H22N4O2/c1-14(2)26-18-10-8-16(9-11-18)24-20(21)22-12-17-13-25-19(23-17)15-6-4-3-5-7-15/h3-11,13-14H,12H2,1-2H3,(H3,21,22,24). The number of nitrogens with two attached hydrogens (primary N) is 1. The minimum atomic E-state index is 0.142. The molecule has 0 atom stereocenters. The van der Waals surface area contributed by atoms with Crippen molar-refractivity contribution in [2.75, 3.05) is 5.32 Å².